The molecule has 4 heterocycles. The Kier molecular flexibility index (Phi) is 6.89. The lowest BCUT2D eigenvalue weighted by Crippen LogP contribution is -2.29. The molecule has 8 aromatic rings. The predicted molar refractivity (Wildman–Crippen MR) is 221 cm³/mol. The van der Waals surface area contributed by atoms with Gasteiger partial charge in [-0.05, 0) is 45.9 Å². The molecule has 3 aromatic heterocycles. The zero-order chi connectivity index (χ0) is 37.4. The van der Waals surface area contributed by atoms with E-state index in [0.29, 0.717) is 5.82 Å². The second-order valence-electron chi connectivity index (χ2n) is 18.6. The smallest absolute Gasteiger partial charge is 0.167 e. The normalized spacial score (nSPS) is 14.5. The molecule has 0 radical (unpaired) electrons. The quantitative estimate of drug-likeness (QED) is 0.180. The van der Waals surface area contributed by atoms with Gasteiger partial charge in [0.15, 0.2) is 5.82 Å². The van der Waals surface area contributed by atoms with E-state index in [2.05, 4.69) is 172 Å². The van der Waals surface area contributed by atoms with Crippen LogP contribution in [0.3, 0.4) is 0 Å². The van der Waals surface area contributed by atoms with Gasteiger partial charge in [0.25, 0.3) is 0 Å². The maximum Gasteiger partial charge on any atom is 0.167 e. The predicted octanol–water partition coefficient (Wildman–Crippen LogP) is 12.7. The molecule has 5 nitrogen and oxygen atoms in total. The fraction of sp³-hybridized carbons (Fsp3) is 0.312. The molecule has 53 heavy (non-hydrogen) atoms. The molecule has 1 aliphatic rings. The van der Waals surface area contributed by atoms with E-state index in [1.165, 1.54) is 44.2 Å². The summed E-state index contributed by atoms with van der Waals surface area (Å²) in [6.07, 6.45) is 0. The van der Waals surface area contributed by atoms with Crippen LogP contribution in [0.15, 0.2) is 95.4 Å². The molecule has 0 atom stereocenters. The first-order chi connectivity index (χ1) is 24.9. The van der Waals surface area contributed by atoms with Gasteiger partial charge in [-0.1, -0.05) is 149 Å². The molecule has 9 rings (SSSR count). The third kappa shape index (κ3) is 4.92. The highest BCUT2D eigenvalue weighted by Crippen LogP contribution is 2.50. The minimum atomic E-state index is -0.235. The van der Waals surface area contributed by atoms with Gasteiger partial charge in [-0.2, -0.15) is 0 Å². The standard InChI is InChI=1S/C48H48N4O/c1-45(2,3)34-21-15-23-36-39(34)52-37-25-24-27(26-33(37)29-17-14-22-35(38(29)52)48(36,10)11)28-16-12-18-30-31-19-13-20-32(41(31)53-40(28)30)42-49-43(46(4,5)6)51-44(50-42)47(7,8)9/h12-26H,1-11H3. The first kappa shape index (κ1) is 33.5. The number of fused-ring (bicyclic) bond motifs is 8. The van der Waals surface area contributed by atoms with E-state index >= 15 is 0 Å². The van der Waals surface area contributed by atoms with Crippen LogP contribution in [-0.2, 0) is 21.7 Å². The Labute approximate surface area is 312 Å². The Morgan fingerprint density at radius 3 is 1.75 bits per heavy atom. The summed E-state index contributed by atoms with van der Waals surface area (Å²) in [6.45, 7) is 24.6. The van der Waals surface area contributed by atoms with Crippen molar-refractivity contribution in [1.82, 2.24) is 19.5 Å². The fourth-order valence-electron chi connectivity index (χ4n) is 8.40. The topological polar surface area (TPSA) is 56.7 Å². The van der Waals surface area contributed by atoms with E-state index in [-0.39, 0.29) is 21.7 Å². The summed E-state index contributed by atoms with van der Waals surface area (Å²) < 4.78 is 9.50. The fourth-order valence-corrected chi connectivity index (χ4v) is 8.40. The van der Waals surface area contributed by atoms with Gasteiger partial charge in [0.1, 0.15) is 22.8 Å². The van der Waals surface area contributed by atoms with Gasteiger partial charge < -0.3 is 8.98 Å². The molecule has 0 fully saturated rings. The molecule has 5 aromatic carbocycles. The summed E-state index contributed by atoms with van der Waals surface area (Å²) in [7, 11) is 0. The third-order valence-electron chi connectivity index (χ3n) is 11.3. The Balaban J connectivity index is 1.28. The van der Waals surface area contributed by atoms with Crippen molar-refractivity contribution < 1.29 is 4.42 Å². The maximum absolute atomic E-state index is 6.95. The molecule has 5 heteroatoms. The molecular formula is C48H48N4O. The van der Waals surface area contributed by atoms with Gasteiger partial charge in [-0.25, -0.2) is 15.0 Å². The van der Waals surface area contributed by atoms with Gasteiger partial charge in [0.05, 0.1) is 22.3 Å². The summed E-state index contributed by atoms with van der Waals surface area (Å²) in [5.41, 5.74) is 12.1. The second-order valence-corrected chi connectivity index (χ2v) is 18.6. The Morgan fingerprint density at radius 1 is 0.547 bits per heavy atom. The monoisotopic (exact) mass is 696 g/mol. The molecule has 0 saturated carbocycles. The van der Waals surface area contributed by atoms with Crippen molar-refractivity contribution >= 4 is 43.7 Å². The molecule has 0 N–H and O–H groups in total. The average Bonchev–Trinajstić information content (AvgIpc) is 3.65. The van der Waals surface area contributed by atoms with Crippen molar-refractivity contribution in [3.05, 3.63) is 119 Å². The number of hydrogen-bond donors (Lipinski definition) is 0. The number of nitrogens with zero attached hydrogens (tertiary/aromatic N) is 4. The first-order valence-electron chi connectivity index (χ1n) is 18.9. The van der Waals surface area contributed by atoms with Crippen molar-refractivity contribution in [2.75, 3.05) is 0 Å². The van der Waals surface area contributed by atoms with Crippen LogP contribution in [0.2, 0.25) is 0 Å². The van der Waals surface area contributed by atoms with Crippen molar-refractivity contribution in [3.8, 4) is 28.2 Å². The molecule has 0 spiro atoms. The zero-order valence-electron chi connectivity index (χ0n) is 32.9. The molecule has 0 unspecified atom stereocenters. The van der Waals surface area contributed by atoms with Crippen molar-refractivity contribution in [2.45, 2.75) is 97.8 Å². The minimum Gasteiger partial charge on any atom is -0.455 e. The lowest BCUT2D eigenvalue weighted by Gasteiger charge is -2.38. The molecule has 0 amide bonds. The minimum absolute atomic E-state index is 0.0176. The highest BCUT2D eigenvalue weighted by Gasteiger charge is 2.38. The lowest BCUT2D eigenvalue weighted by atomic mass is 9.72. The summed E-state index contributed by atoms with van der Waals surface area (Å²) in [4.78, 5) is 15.0. The van der Waals surface area contributed by atoms with E-state index < -0.39 is 0 Å². The van der Waals surface area contributed by atoms with E-state index in [9.17, 15) is 0 Å². The molecule has 266 valence electrons. The number of furan rings is 1. The van der Waals surface area contributed by atoms with Gasteiger partial charge in [-0.3, -0.25) is 0 Å². The van der Waals surface area contributed by atoms with Crippen LogP contribution in [0.1, 0.15) is 105 Å². The van der Waals surface area contributed by atoms with E-state index in [4.69, 9.17) is 19.4 Å². The Hall–Kier alpha value is -5.29. The van der Waals surface area contributed by atoms with Gasteiger partial charge >= 0.3 is 0 Å². The van der Waals surface area contributed by atoms with Gasteiger partial charge in [-0.15, -0.1) is 0 Å². The van der Waals surface area contributed by atoms with Crippen LogP contribution < -0.4 is 0 Å². The number of hydrogen-bond acceptors (Lipinski definition) is 4. The van der Waals surface area contributed by atoms with Crippen molar-refractivity contribution in [1.29, 1.82) is 0 Å². The second kappa shape index (κ2) is 10.9. The van der Waals surface area contributed by atoms with E-state index in [1.807, 2.05) is 0 Å². The van der Waals surface area contributed by atoms with E-state index in [1.54, 1.807) is 0 Å². The zero-order valence-corrected chi connectivity index (χ0v) is 32.9. The third-order valence-corrected chi connectivity index (χ3v) is 11.3. The SMILES string of the molecule is CC(C)(C)c1nc(-c2cccc3c2oc2c(-c4ccc5c(c4)c4cccc6c4n5-c4c(C(C)(C)C)cccc4C6(C)C)cccc23)nc(C(C)(C)C)n1. The average molecular weight is 697 g/mol. The largest absolute Gasteiger partial charge is 0.455 e. The van der Waals surface area contributed by atoms with Crippen LogP contribution in [0.25, 0.3) is 71.9 Å². The van der Waals surface area contributed by atoms with Crippen LogP contribution in [-0.4, -0.2) is 19.5 Å². The van der Waals surface area contributed by atoms with Crippen LogP contribution >= 0.6 is 0 Å². The van der Waals surface area contributed by atoms with Gasteiger partial charge in [0, 0.05) is 43.4 Å². The van der Waals surface area contributed by atoms with Gasteiger partial charge in [0.2, 0.25) is 0 Å². The number of para-hydroxylation sites is 4. The summed E-state index contributed by atoms with van der Waals surface area (Å²) in [6, 6.07) is 33.5. The molecule has 0 saturated heterocycles. The Bertz CT molecular complexity index is 2780. The highest BCUT2D eigenvalue weighted by atomic mass is 16.3. The summed E-state index contributed by atoms with van der Waals surface area (Å²) in [5.74, 6) is 2.21. The number of rotatable bonds is 2. The van der Waals surface area contributed by atoms with Crippen molar-refractivity contribution in [3.63, 3.8) is 0 Å². The first-order valence-corrected chi connectivity index (χ1v) is 18.9. The number of aromatic nitrogens is 4. The maximum atomic E-state index is 6.95. The molecule has 0 aliphatic carbocycles. The Morgan fingerprint density at radius 2 is 1.11 bits per heavy atom. The number of benzene rings is 5. The molecule has 0 bridgehead atoms. The van der Waals surface area contributed by atoms with Crippen LogP contribution in [0, 0.1) is 0 Å². The van der Waals surface area contributed by atoms with Crippen LogP contribution in [0.5, 0.6) is 0 Å². The molecular weight excluding hydrogens is 649 g/mol. The lowest BCUT2D eigenvalue weighted by molar-refractivity contribution is 0.497. The molecule has 1 aliphatic heterocycles. The highest BCUT2D eigenvalue weighted by molar-refractivity contribution is 6.15. The summed E-state index contributed by atoms with van der Waals surface area (Å²) in [5, 5.41) is 4.65. The summed E-state index contributed by atoms with van der Waals surface area (Å²) >= 11 is 0. The van der Waals surface area contributed by atoms with Crippen molar-refractivity contribution in [2.24, 2.45) is 0 Å². The van der Waals surface area contributed by atoms with Crippen LogP contribution in [0.4, 0.5) is 0 Å². The van der Waals surface area contributed by atoms with E-state index in [0.717, 1.165) is 50.3 Å².